The molecule has 0 aliphatic heterocycles. The van der Waals surface area contributed by atoms with E-state index >= 15 is 0 Å². The summed E-state index contributed by atoms with van der Waals surface area (Å²) in [5, 5.41) is 8.53. The van der Waals surface area contributed by atoms with E-state index in [0.29, 0.717) is 0 Å². The van der Waals surface area contributed by atoms with Gasteiger partial charge in [0.1, 0.15) is 0 Å². The number of aromatic nitrogens is 1. The van der Waals surface area contributed by atoms with Gasteiger partial charge in [-0.1, -0.05) is 72.8 Å². The van der Waals surface area contributed by atoms with Gasteiger partial charge < -0.3 is 0 Å². The molecule has 0 saturated heterocycles. The molecule has 0 N–H and O–H groups in total. The summed E-state index contributed by atoms with van der Waals surface area (Å²) < 4.78 is 2.69. The molecule has 0 amide bonds. The number of benzene rings is 4. The van der Waals surface area contributed by atoms with Crippen molar-refractivity contribution < 1.29 is 4.40 Å². The summed E-state index contributed by atoms with van der Waals surface area (Å²) in [6.45, 7) is 0. The summed E-state index contributed by atoms with van der Waals surface area (Å²) >= 11 is 0. The molecule has 34 heavy (non-hydrogen) atoms. The van der Waals surface area contributed by atoms with Gasteiger partial charge in [0.2, 0.25) is 16.6 Å². The monoisotopic (exact) mass is 432 g/mol. The van der Waals surface area contributed by atoms with Crippen LogP contribution in [0.1, 0.15) is 22.3 Å². The average molecular weight is 433 g/mol. The minimum Gasteiger partial charge on any atom is -0.151 e. The fourth-order valence-corrected chi connectivity index (χ4v) is 7.35. The lowest BCUT2D eigenvalue weighted by Crippen LogP contribution is -2.32. The zero-order valence-corrected chi connectivity index (χ0v) is 18.9. The molecule has 2 aliphatic carbocycles. The number of para-hydroxylation sites is 1. The Morgan fingerprint density at radius 1 is 0.441 bits per heavy atom. The number of rotatable bonds is 1. The van der Waals surface area contributed by atoms with Crippen molar-refractivity contribution in [3.05, 3.63) is 107 Å². The van der Waals surface area contributed by atoms with E-state index in [-0.39, 0.29) is 0 Å². The van der Waals surface area contributed by atoms with Crippen molar-refractivity contribution in [2.75, 3.05) is 0 Å². The topological polar surface area (TPSA) is 4.10 Å². The Balaban J connectivity index is 1.73. The molecule has 3 heterocycles. The highest BCUT2D eigenvalue weighted by atomic mass is 14.9. The summed E-state index contributed by atoms with van der Waals surface area (Å²) in [5.41, 5.74) is 13.3. The first-order valence-electron chi connectivity index (χ1n) is 12.5. The Morgan fingerprint density at radius 2 is 0.971 bits per heavy atom. The lowest BCUT2D eigenvalue weighted by atomic mass is 9.79. The van der Waals surface area contributed by atoms with Crippen LogP contribution < -0.4 is 4.40 Å². The first-order chi connectivity index (χ1) is 16.9. The number of fused-ring (bicyclic) bond motifs is 2. The highest BCUT2D eigenvalue weighted by molar-refractivity contribution is 6.23. The maximum absolute atomic E-state index is 2.69. The van der Waals surface area contributed by atoms with Gasteiger partial charge in [-0.15, -0.1) is 0 Å². The zero-order chi connectivity index (χ0) is 22.0. The molecule has 0 fully saturated rings. The van der Waals surface area contributed by atoms with Crippen LogP contribution in [0, 0.1) is 0 Å². The largest absolute Gasteiger partial charge is 0.227 e. The van der Waals surface area contributed by atoms with E-state index in [9.17, 15) is 0 Å². The molecular weight excluding hydrogens is 410 g/mol. The van der Waals surface area contributed by atoms with Gasteiger partial charge in [0, 0.05) is 27.5 Å². The third-order valence-electron chi connectivity index (χ3n) is 8.59. The molecule has 158 valence electrons. The molecule has 9 rings (SSSR count). The number of nitrogens with zero attached hydrogens (tertiary/aromatic N) is 1. The SMILES string of the molecule is c1ccc(-c2c3c4c5c(cccc5c5cccc6c7cccc8c7c(c2CC8)[n+]4c56)CC3)cc1. The van der Waals surface area contributed by atoms with Crippen molar-refractivity contribution in [2.45, 2.75) is 25.7 Å². The predicted octanol–water partition coefficient (Wildman–Crippen LogP) is 7.34. The molecule has 0 atom stereocenters. The first-order valence-corrected chi connectivity index (χ1v) is 12.5. The second-order valence-electron chi connectivity index (χ2n) is 10.1. The van der Waals surface area contributed by atoms with Crippen molar-refractivity contribution in [1.29, 1.82) is 0 Å². The number of hydrogen-bond donors (Lipinski definition) is 0. The molecule has 3 aromatic heterocycles. The third kappa shape index (κ3) is 1.89. The molecule has 2 aliphatic rings. The van der Waals surface area contributed by atoms with E-state index in [1.54, 1.807) is 11.1 Å². The van der Waals surface area contributed by atoms with E-state index in [0.717, 1.165) is 25.7 Å². The predicted molar refractivity (Wildman–Crippen MR) is 141 cm³/mol. The van der Waals surface area contributed by atoms with Crippen LogP contribution in [0.4, 0.5) is 0 Å². The zero-order valence-electron chi connectivity index (χ0n) is 18.9. The molecule has 1 nitrogen and oxygen atoms in total. The van der Waals surface area contributed by atoms with Crippen LogP contribution in [-0.2, 0) is 25.7 Å². The maximum atomic E-state index is 2.69. The summed E-state index contributed by atoms with van der Waals surface area (Å²) in [7, 11) is 0. The Kier molecular flexibility index (Phi) is 3.05. The molecular formula is C33H22N+. The van der Waals surface area contributed by atoms with Gasteiger partial charge in [0.05, 0.1) is 21.5 Å². The van der Waals surface area contributed by atoms with Gasteiger partial charge in [0.15, 0.2) is 0 Å². The first kappa shape index (κ1) is 17.5. The molecule has 0 saturated carbocycles. The Bertz CT molecular complexity index is 1880. The van der Waals surface area contributed by atoms with E-state index in [2.05, 4.69) is 89.3 Å². The molecule has 4 aromatic carbocycles. The number of hydrogen-bond acceptors (Lipinski definition) is 0. The number of pyridine rings is 3. The van der Waals surface area contributed by atoms with Crippen molar-refractivity contribution in [1.82, 2.24) is 0 Å². The van der Waals surface area contributed by atoms with Crippen molar-refractivity contribution in [3.63, 3.8) is 0 Å². The highest BCUT2D eigenvalue weighted by Gasteiger charge is 2.36. The van der Waals surface area contributed by atoms with E-state index in [1.807, 2.05) is 0 Å². The van der Waals surface area contributed by atoms with Gasteiger partial charge >= 0.3 is 0 Å². The lowest BCUT2D eigenvalue weighted by molar-refractivity contribution is -0.449. The van der Waals surface area contributed by atoms with Gasteiger partial charge in [-0.3, -0.25) is 0 Å². The van der Waals surface area contributed by atoms with Gasteiger partial charge in [-0.2, -0.15) is 4.40 Å². The Morgan fingerprint density at radius 3 is 1.56 bits per heavy atom. The summed E-state index contributed by atoms with van der Waals surface area (Å²) in [6.07, 6.45) is 4.45. The molecule has 1 heteroatoms. The fraction of sp³-hybridized carbons (Fsp3) is 0.121. The van der Waals surface area contributed by atoms with Crippen LogP contribution in [-0.4, -0.2) is 0 Å². The van der Waals surface area contributed by atoms with E-state index < -0.39 is 0 Å². The maximum Gasteiger partial charge on any atom is 0.227 e. The second kappa shape index (κ2) is 5.93. The normalized spacial score (nSPS) is 14.6. The smallest absolute Gasteiger partial charge is 0.151 e. The van der Waals surface area contributed by atoms with Crippen LogP contribution in [0.25, 0.3) is 60.0 Å². The third-order valence-corrected chi connectivity index (χ3v) is 8.59. The highest BCUT2D eigenvalue weighted by Crippen LogP contribution is 2.46. The molecule has 0 spiro atoms. The van der Waals surface area contributed by atoms with Crippen LogP contribution in [0.2, 0.25) is 0 Å². The van der Waals surface area contributed by atoms with E-state index in [4.69, 9.17) is 0 Å². The quantitative estimate of drug-likeness (QED) is 0.145. The average Bonchev–Trinajstić information content (AvgIpc) is 2.91. The van der Waals surface area contributed by atoms with Crippen LogP contribution in [0.5, 0.6) is 0 Å². The summed E-state index contributed by atoms with van der Waals surface area (Å²) in [6, 6.07) is 32.1. The molecule has 0 radical (unpaired) electrons. The summed E-state index contributed by atoms with van der Waals surface area (Å²) in [5.74, 6) is 0. The van der Waals surface area contributed by atoms with Gasteiger partial charge in [-0.05, 0) is 54.5 Å². The minimum absolute atomic E-state index is 1.11. The van der Waals surface area contributed by atoms with Crippen molar-refractivity contribution in [3.8, 4) is 11.1 Å². The fourth-order valence-electron chi connectivity index (χ4n) is 7.35. The van der Waals surface area contributed by atoms with Gasteiger partial charge in [0.25, 0.3) is 0 Å². The molecule has 0 bridgehead atoms. The number of aryl methyl sites for hydroxylation is 4. The summed E-state index contributed by atoms with van der Waals surface area (Å²) in [4.78, 5) is 0. The van der Waals surface area contributed by atoms with Gasteiger partial charge in [-0.25, -0.2) is 0 Å². The van der Waals surface area contributed by atoms with Crippen molar-refractivity contribution in [2.24, 2.45) is 0 Å². The van der Waals surface area contributed by atoms with Crippen LogP contribution >= 0.6 is 0 Å². The van der Waals surface area contributed by atoms with Crippen LogP contribution in [0.3, 0.4) is 0 Å². The molecule has 7 aromatic rings. The lowest BCUT2D eigenvalue weighted by Gasteiger charge is -2.26. The minimum atomic E-state index is 1.11. The van der Waals surface area contributed by atoms with E-state index in [1.165, 1.54) is 71.1 Å². The Labute approximate surface area is 197 Å². The van der Waals surface area contributed by atoms with Crippen LogP contribution in [0.15, 0.2) is 84.9 Å². The standard InChI is InChI=1S/C33H22N/c1-2-7-19(8-3-1)28-26-17-15-20-9-4-11-22-24-13-6-14-25-23-12-5-10-21-16-18-27(28)33(30(21)23)34(31(24)25)32(26)29(20)22/h1-14H,15-18H2/q+1. The second-order valence-corrected chi connectivity index (χ2v) is 10.1. The Hall–Kier alpha value is -3.97. The molecule has 0 unspecified atom stereocenters. The van der Waals surface area contributed by atoms with Crippen molar-refractivity contribution >= 4 is 48.9 Å².